The first-order valence-electron chi connectivity index (χ1n) is 6.94. The van der Waals surface area contributed by atoms with Crippen LogP contribution in [0.2, 0.25) is 10.0 Å². The van der Waals surface area contributed by atoms with E-state index < -0.39 is 5.82 Å². The van der Waals surface area contributed by atoms with E-state index in [2.05, 4.69) is 15.5 Å². The lowest BCUT2D eigenvalue weighted by atomic mass is 10.2. The number of piperazine rings is 1. The zero-order chi connectivity index (χ0) is 15.2. The van der Waals surface area contributed by atoms with Crippen LogP contribution in [0.3, 0.4) is 0 Å². The molecule has 22 heavy (non-hydrogen) atoms. The number of rotatable bonds is 5. The Bertz CT molecular complexity index is 510. The van der Waals surface area contributed by atoms with Gasteiger partial charge in [0.2, 0.25) is 0 Å². The van der Waals surface area contributed by atoms with Crippen LogP contribution in [0.1, 0.15) is 16.8 Å². The van der Waals surface area contributed by atoms with E-state index in [1.807, 2.05) is 0 Å². The summed E-state index contributed by atoms with van der Waals surface area (Å²) in [5, 5.41) is 6.11. The second-order valence-electron chi connectivity index (χ2n) is 4.95. The molecule has 0 aliphatic carbocycles. The Kier molecular flexibility index (Phi) is 8.43. The van der Waals surface area contributed by atoms with Crippen molar-refractivity contribution in [3.63, 3.8) is 0 Å². The van der Waals surface area contributed by atoms with Gasteiger partial charge in [-0.05, 0) is 25.1 Å². The zero-order valence-electron chi connectivity index (χ0n) is 12.0. The highest BCUT2D eigenvalue weighted by Gasteiger charge is 2.14. The molecule has 0 aromatic heterocycles. The SMILES string of the molecule is Cl.O=C(NCCCN1CCNCC1)c1cc(F)c(Cl)cc1Cl. The Morgan fingerprint density at radius 3 is 2.64 bits per heavy atom. The van der Waals surface area contributed by atoms with Gasteiger partial charge in [-0.1, -0.05) is 23.2 Å². The van der Waals surface area contributed by atoms with Gasteiger partial charge >= 0.3 is 0 Å². The van der Waals surface area contributed by atoms with Crippen LogP contribution in [0, 0.1) is 5.82 Å². The fraction of sp³-hybridized carbons (Fsp3) is 0.500. The number of halogens is 4. The van der Waals surface area contributed by atoms with E-state index in [0.717, 1.165) is 45.2 Å². The van der Waals surface area contributed by atoms with Gasteiger partial charge in [0.15, 0.2) is 0 Å². The summed E-state index contributed by atoms with van der Waals surface area (Å²) < 4.78 is 13.4. The molecule has 1 aliphatic rings. The number of benzene rings is 1. The Morgan fingerprint density at radius 2 is 1.95 bits per heavy atom. The van der Waals surface area contributed by atoms with Gasteiger partial charge in [-0.15, -0.1) is 12.4 Å². The number of nitrogens with zero attached hydrogens (tertiary/aromatic N) is 1. The summed E-state index contributed by atoms with van der Waals surface area (Å²) in [6.07, 6.45) is 0.847. The van der Waals surface area contributed by atoms with Gasteiger partial charge in [0.1, 0.15) is 5.82 Å². The van der Waals surface area contributed by atoms with Crippen molar-refractivity contribution in [1.29, 1.82) is 0 Å². The highest BCUT2D eigenvalue weighted by molar-refractivity contribution is 6.36. The van der Waals surface area contributed by atoms with E-state index in [1.165, 1.54) is 6.07 Å². The third kappa shape index (κ3) is 5.56. The molecule has 1 heterocycles. The molecule has 124 valence electrons. The quantitative estimate of drug-likeness (QED) is 0.618. The predicted molar refractivity (Wildman–Crippen MR) is 89.9 cm³/mol. The molecule has 1 aliphatic heterocycles. The maximum Gasteiger partial charge on any atom is 0.252 e. The summed E-state index contributed by atoms with van der Waals surface area (Å²) >= 11 is 11.5. The normalized spacial score (nSPS) is 15.2. The van der Waals surface area contributed by atoms with Crippen LogP contribution >= 0.6 is 35.6 Å². The molecule has 1 fully saturated rings. The standard InChI is InChI=1S/C14H18Cl2FN3O.ClH/c15-11-9-12(16)13(17)8-10(11)14(21)19-2-1-5-20-6-3-18-4-7-20;/h8-9,18H,1-7H2,(H,19,21);1H. The van der Waals surface area contributed by atoms with Crippen molar-refractivity contribution in [3.8, 4) is 0 Å². The van der Waals surface area contributed by atoms with Crippen molar-refractivity contribution in [2.75, 3.05) is 39.3 Å². The van der Waals surface area contributed by atoms with E-state index in [9.17, 15) is 9.18 Å². The largest absolute Gasteiger partial charge is 0.352 e. The lowest BCUT2D eigenvalue weighted by molar-refractivity contribution is 0.0951. The summed E-state index contributed by atoms with van der Waals surface area (Å²) in [4.78, 5) is 14.3. The Labute approximate surface area is 145 Å². The summed E-state index contributed by atoms with van der Waals surface area (Å²) in [5.74, 6) is -1.03. The lowest BCUT2D eigenvalue weighted by Crippen LogP contribution is -2.44. The van der Waals surface area contributed by atoms with E-state index in [1.54, 1.807) is 0 Å². The van der Waals surface area contributed by atoms with Crippen molar-refractivity contribution >= 4 is 41.5 Å². The van der Waals surface area contributed by atoms with Crippen molar-refractivity contribution < 1.29 is 9.18 Å². The topological polar surface area (TPSA) is 44.4 Å². The molecule has 2 rings (SSSR count). The second-order valence-corrected chi connectivity index (χ2v) is 5.76. The molecule has 1 amide bonds. The molecule has 0 unspecified atom stereocenters. The molecule has 1 saturated heterocycles. The number of carbonyl (C=O) groups is 1. The summed E-state index contributed by atoms with van der Waals surface area (Å²) in [5.41, 5.74) is 0.112. The van der Waals surface area contributed by atoms with Gasteiger partial charge in [-0.2, -0.15) is 0 Å². The van der Waals surface area contributed by atoms with Crippen LogP contribution in [-0.4, -0.2) is 50.1 Å². The first-order chi connectivity index (χ1) is 10.1. The summed E-state index contributed by atoms with van der Waals surface area (Å²) in [6, 6.07) is 2.31. The monoisotopic (exact) mass is 369 g/mol. The fourth-order valence-electron chi connectivity index (χ4n) is 2.23. The van der Waals surface area contributed by atoms with E-state index >= 15 is 0 Å². The smallest absolute Gasteiger partial charge is 0.252 e. The molecule has 1 aromatic carbocycles. The van der Waals surface area contributed by atoms with Gasteiger partial charge in [-0.25, -0.2) is 4.39 Å². The molecule has 0 atom stereocenters. The number of amides is 1. The Morgan fingerprint density at radius 1 is 1.27 bits per heavy atom. The van der Waals surface area contributed by atoms with Gasteiger partial charge in [0, 0.05) is 32.7 Å². The van der Waals surface area contributed by atoms with Crippen LogP contribution in [0.15, 0.2) is 12.1 Å². The van der Waals surface area contributed by atoms with E-state index in [0.29, 0.717) is 6.54 Å². The van der Waals surface area contributed by atoms with Gasteiger partial charge in [0.25, 0.3) is 5.91 Å². The summed E-state index contributed by atoms with van der Waals surface area (Å²) in [7, 11) is 0. The molecule has 1 aromatic rings. The van der Waals surface area contributed by atoms with Crippen LogP contribution < -0.4 is 10.6 Å². The molecular weight excluding hydrogens is 352 g/mol. The van der Waals surface area contributed by atoms with Crippen LogP contribution in [0.25, 0.3) is 0 Å². The molecule has 0 saturated carbocycles. The number of hydrogen-bond donors (Lipinski definition) is 2. The molecule has 4 nitrogen and oxygen atoms in total. The minimum Gasteiger partial charge on any atom is -0.352 e. The zero-order valence-corrected chi connectivity index (χ0v) is 14.3. The first-order valence-corrected chi connectivity index (χ1v) is 7.69. The highest BCUT2D eigenvalue weighted by atomic mass is 35.5. The van der Waals surface area contributed by atoms with E-state index in [4.69, 9.17) is 23.2 Å². The van der Waals surface area contributed by atoms with Gasteiger partial charge < -0.3 is 15.5 Å². The average Bonchev–Trinajstić information content (AvgIpc) is 2.48. The average molecular weight is 371 g/mol. The second kappa shape index (κ2) is 9.53. The number of carbonyl (C=O) groups excluding carboxylic acids is 1. The first kappa shape index (κ1) is 19.5. The molecule has 0 bridgehead atoms. The Hall–Kier alpha value is -0.590. The van der Waals surface area contributed by atoms with Crippen LogP contribution in [0.4, 0.5) is 4.39 Å². The minimum atomic E-state index is -0.646. The van der Waals surface area contributed by atoms with Gasteiger partial charge in [0.05, 0.1) is 15.6 Å². The van der Waals surface area contributed by atoms with Crippen molar-refractivity contribution in [2.45, 2.75) is 6.42 Å². The highest BCUT2D eigenvalue weighted by Crippen LogP contribution is 2.24. The summed E-state index contributed by atoms with van der Waals surface area (Å²) in [6.45, 7) is 5.54. The third-order valence-electron chi connectivity index (χ3n) is 3.40. The maximum atomic E-state index is 13.4. The predicted octanol–water partition coefficient (Wildman–Crippen LogP) is 2.58. The van der Waals surface area contributed by atoms with E-state index in [-0.39, 0.29) is 33.9 Å². The van der Waals surface area contributed by atoms with Crippen molar-refractivity contribution in [2.24, 2.45) is 0 Å². The maximum absolute atomic E-state index is 13.4. The van der Waals surface area contributed by atoms with Crippen molar-refractivity contribution in [1.82, 2.24) is 15.5 Å². The van der Waals surface area contributed by atoms with Crippen LogP contribution in [-0.2, 0) is 0 Å². The molecule has 8 heteroatoms. The third-order valence-corrected chi connectivity index (χ3v) is 4.00. The number of nitrogens with one attached hydrogen (secondary N) is 2. The van der Waals surface area contributed by atoms with Gasteiger partial charge in [-0.3, -0.25) is 4.79 Å². The lowest BCUT2D eigenvalue weighted by Gasteiger charge is -2.27. The molecule has 0 radical (unpaired) electrons. The fourth-order valence-corrected chi connectivity index (χ4v) is 2.70. The minimum absolute atomic E-state index is 0. The molecule has 2 N–H and O–H groups in total. The number of hydrogen-bond acceptors (Lipinski definition) is 3. The van der Waals surface area contributed by atoms with Crippen molar-refractivity contribution in [3.05, 3.63) is 33.6 Å². The molecule has 0 spiro atoms. The van der Waals surface area contributed by atoms with Crippen LogP contribution in [0.5, 0.6) is 0 Å². The molecular formula is C14H19Cl3FN3O. The Balaban J connectivity index is 0.00000242.